The molecule has 0 nitrogen and oxygen atoms in total. The number of rotatable bonds is 0. The van der Waals surface area contributed by atoms with Crippen molar-refractivity contribution in [3.8, 4) is 0 Å². The van der Waals surface area contributed by atoms with Crippen molar-refractivity contribution in [2.75, 3.05) is 0 Å². The van der Waals surface area contributed by atoms with E-state index in [1.54, 1.807) is 0 Å². The SMILES string of the molecule is S=C=C=C=C=S. The molecule has 0 bridgehead atoms. The molecule has 0 aromatic carbocycles. The molecule has 0 atom stereocenters. The summed E-state index contributed by atoms with van der Waals surface area (Å²) in [5.74, 6) is 0. The molecule has 28 valence electrons. The van der Waals surface area contributed by atoms with E-state index in [9.17, 15) is 0 Å². The van der Waals surface area contributed by atoms with E-state index >= 15 is 0 Å². The van der Waals surface area contributed by atoms with Crippen molar-refractivity contribution in [3.05, 3.63) is 11.5 Å². The first-order chi connectivity index (χ1) is 2.91. The molecular formula is C4S2. The van der Waals surface area contributed by atoms with E-state index in [1.807, 2.05) is 0 Å². The maximum atomic E-state index is 4.21. The molecule has 0 aliphatic rings. The number of thiocarbonyl (C=S) groups is 2. The average molecular weight is 112 g/mol. The van der Waals surface area contributed by atoms with Crippen LogP contribution in [-0.2, 0) is 0 Å². The van der Waals surface area contributed by atoms with Gasteiger partial charge in [0.25, 0.3) is 0 Å². The van der Waals surface area contributed by atoms with Crippen LogP contribution in [0.5, 0.6) is 0 Å². The highest BCUT2D eigenvalue weighted by atomic mass is 32.1. The molecule has 0 aromatic heterocycles. The lowest BCUT2D eigenvalue weighted by Crippen LogP contribution is -1.25. The summed E-state index contributed by atoms with van der Waals surface area (Å²) in [7, 11) is 0. The van der Waals surface area contributed by atoms with E-state index in [2.05, 4.69) is 45.9 Å². The molecule has 0 fully saturated rings. The quantitative estimate of drug-likeness (QED) is 0.339. The normalized spacial score (nSPS) is 3.33. The molecule has 0 rings (SSSR count). The Kier molecular flexibility index (Phi) is 4.23. The summed E-state index contributed by atoms with van der Waals surface area (Å²) in [6.07, 6.45) is 0. The topological polar surface area (TPSA) is 0 Å². The lowest BCUT2D eigenvalue weighted by molar-refractivity contribution is 2.59. The molecule has 2 heteroatoms. The van der Waals surface area contributed by atoms with E-state index in [1.165, 1.54) is 0 Å². The van der Waals surface area contributed by atoms with Crippen LogP contribution in [-0.4, -0.2) is 10.0 Å². The van der Waals surface area contributed by atoms with Gasteiger partial charge in [-0.05, 0) is 24.4 Å². The van der Waals surface area contributed by atoms with E-state index < -0.39 is 0 Å². The number of hydrogen-bond donors (Lipinski definition) is 0. The third-order valence-electron chi connectivity index (χ3n) is 0.165. The first-order valence-electron chi connectivity index (χ1n) is 1.16. The molecule has 0 amide bonds. The lowest BCUT2D eigenvalue weighted by Gasteiger charge is -1.27. The van der Waals surface area contributed by atoms with Gasteiger partial charge in [-0.2, -0.15) is 0 Å². The van der Waals surface area contributed by atoms with Crippen LogP contribution in [0.15, 0.2) is 11.5 Å². The van der Waals surface area contributed by atoms with Crippen LogP contribution in [0.1, 0.15) is 0 Å². The van der Waals surface area contributed by atoms with Gasteiger partial charge in [0.15, 0.2) is 0 Å². The molecule has 0 radical (unpaired) electrons. The second kappa shape index (κ2) is 4.56. The van der Waals surface area contributed by atoms with Gasteiger partial charge < -0.3 is 0 Å². The predicted molar refractivity (Wildman–Crippen MR) is 32.2 cm³/mol. The Morgan fingerprint density at radius 2 is 1.17 bits per heavy atom. The summed E-state index contributed by atoms with van der Waals surface area (Å²) in [6, 6.07) is 0. The van der Waals surface area contributed by atoms with Crippen LogP contribution in [0.25, 0.3) is 0 Å². The highest BCUT2D eigenvalue weighted by molar-refractivity contribution is 7.78. The minimum atomic E-state index is 2.16. The Labute approximate surface area is 46.5 Å². The fourth-order valence-electron chi connectivity index (χ4n) is 0.0510. The van der Waals surface area contributed by atoms with Crippen molar-refractivity contribution in [1.82, 2.24) is 0 Å². The van der Waals surface area contributed by atoms with Crippen molar-refractivity contribution in [2.45, 2.75) is 0 Å². The van der Waals surface area contributed by atoms with Gasteiger partial charge >= 0.3 is 0 Å². The second-order valence-electron chi connectivity index (χ2n) is 0.454. The van der Waals surface area contributed by atoms with Crippen molar-refractivity contribution in [2.24, 2.45) is 0 Å². The summed E-state index contributed by atoms with van der Waals surface area (Å²) in [5.41, 5.74) is 4.59. The zero-order chi connectivity index (χ0) is 4.83. The fourth-order valence-corrected chi connectivity index (χ4v) is 0.153. The molecule has 0 aliphatic heterocycles. The van der Waals surface area contributed by atoms with E-state index in [0.717, 1.165) is 0 Å². The first-order valence-corrected chi connectivity index (χ1v) is 1.97. The van der Waals surface area contributed by atoms with Gasteiger partial charge in [0.05, 0.1) is 0 Å². The highest BCUT2D eigenvalue weighted by Crippen LogP contribution is 1.38. The fraction of sp³-hybridized carbons (Fsp3) is 0. The largest absolute Gasteiger partial charge is 0.0176 e. The maximum Gasteiger partial charge on any atom is 0.0148 e. The standard InChI is InChI=1S/C4S2/c5-3-1-2-4-6. The van der Waals surface area contributed by atoms with Crippen LogP contribution in [0.4, 0.5) is 0 Å². The summed E-state index contributed by atoms with van der Waals surface area (Å²) >= 11 is 8.42. The Balaban J connectivity index is 4.68. The average Bonchev–Trinajstić information content (AvgIpc) is 1.61. The minimum Gasteiger partial charge on any atom is -0.0176 e. The van der Waals surface area contributed by atoms with Gasteiger partial charge in [-0.3, -0.25) is 0 Å². The Hall–Kier alpha value is -0.440. The molecule has 0 N–H and O–H groups in total. The molecular weight excluding hydrogens is 112 g/mol. The monoisotopic (exact) mass is 112 g/mol. The van der Waals surface area contributed by atoms with Gasteiger partial charge in [0, 0.05) is 21.5 Å². The molecule has 0 unspecified atom stereocenters. The number of hydrogen-bond acceptors (Lipinski definition) is 2. The van der Waals surface area contributed by atoms with Crippen LogP contribution < -0.4 is 0 Å². The predicted octanol–water partition coefficient (Wildman–Crippen LogP) is 1.05. The van der Waals surface area contributed by atoms with E-state index in [-0.39, 0.29) is 0 Å². The van der Waals surface area contributed by atoms with E-state index in [4.69, 9.17) is 0 Å². The zero-order valence-electron chi connectivity index (χ0n) is 2.82. The maximum absolute atomic E-state index is 4.21. The smallest absolute Gasteiger partial charge is 0.0148 e. The molecule has 0 saturated heterocycles. The Morgan fingerprint density at radius 1 is 0.833 bits per heavy atom. The summed E-state index contributed by atoms with van der Waals surface area (Å²) < 4.78 is 0. The van der Waals surface area contributed by atoms with Gasteiger partial charge in [0.2, 0.25) is 0 Å². The minimum absolute atomic E-state index is 2.16. The van der Waals surface area contributed by atoms with Crippen molar-refractivity contribution in [3.63, 3.8) is 0 Å². The van der Waals surface area contributed by atoms with Crippen molar-refractivity contribution < 1.29 is 0 Å². The summed E-state index contributed by atoms with van der Waals surface area (Å²) in [6.45, 7) is 0. The first kappa shape index (κ1) is 5.56. The molecule has 0 aliphatic carbocycles. The third-order valence-corrected chi connectivity index (χ3v) is 0.369. The zero-order valence-corrected chi connectivity index (χ0v) is 4.45. The summed E-state index contributed by atoms with van der Waals surface area (Å²) in [4.78, 5) is 0. The van der Waals surface area contributed by atoms with Gasteiger partial charge in [-0.1, -0.05) is 0 Å². The third kappa shape index (κ3) is 3.56. The molecule has 0 aromatic rings. The molecule has 0 heterocycles. The van der Waals surface area contributed by atoms with Crippen molar-refractivity contribution >= 4 is 34.5 Å². The highest BCUT2D eigenvalue weighted by Gasteiger charge is 1.28. The van der Waals surface area contributed by atoms with Gasteiger partial charge in [-0.15, -0.1) is 0 Å². The molecule has 6 heavy (non-hydrogen) atoms. The van der Waals surface area contributed by atoms with E-state index in [0.29, 0.717) is 0 Å². The lowest BCUT2D eigenvalue weighted by atomic mass is 10.9. The molecule has 0 saturated carbocycles. The van der Waals surface area contributed by atoms with Crippen LogP contribution >= 0.6 is 24.4 Å². The second-order valence-corrected chi connectivity index (χ2v) is 0.862. The Morgan fingerprint density at radius 3 is 1.33 bits per heavy atom. The molecule has 0 spiro atoms. The van der Waals surface area contributed by atoms with Gasteiger partial charge in [-0.25, -0.2) is 0 Å². The van der Waals surface area contributed by atoms with Crippen molar-refractivity contribution in [1.29, 1.82) is 0 Å². The summed E-state index contributed by atoms with van der Waals surface area (Å²) in [5, 5.41) is 4.32. The van der Waals surface area contributed by atoms with Crippen LogP contribution in [0.3, 0.4) is 0 Å². The van der Waals surface area contributed by atoms with Crippen LogP contribution in [0.2, 0.25) is 0 Å². The van der Waals surface area contributed by atoms with Gasteiger partial charge in [0.1, 0.15) is 0 Å². The van der Waals surface area contributed by atoms with Crippen LogP contribution in [0, 0.1) is 0 Å². The Bertz CT molecular complexity index is 138.